The average molecular weight is 505 g/mol. The van der Waals surface area contributed by atoms with E-state index in [1.165, 1.54) is 10.8 Å². The first kappa shape index (κ1) is 25.3. The highest BCUT2D eigenvalue weighted by atomic mass is 127. The van der Waals surface area contributed by atoms with Crippen LogP contribution in [-0.2, 0) is 13.3 Å². The van der Waals surface area contributed by atoms with Crippen LogP contribution in [0.2, 0.25) is 36.3 Å². The highest BCUT2D eigenvalue weighted by molar-refractivity contribution is 14.1. The number of unbranched alkanes of at least 4 members (excludes halogenated alkanes) is 1. The lowest BCUT2D eigenvalue weighted by Gasteiger charge is -2.46. The van der Waals surface area contributed by atoms with Gasteiger partial charge < -0.3 is 13.3 Å². The predicted molar refractivity (Wildman–Crippen MR) is 123 cm³/mol. The maximum atomic E-state index is 6.89. The first-order chi connectivity index (χ1) is 11.4. The third-order valence-corrected chi connectivity index (χ3v) is 16.4. The minimum Gasteiger partial charge on any atom is -0.382 e. The molecule has 0 unspecified atom stereocenters. The zero-order valence-electron chi connectivity index (χ0n) is 17.2. The van der Waals surface area contributed by atoms with Crippen LogP contribution in [0.15, 0.2) is 0 Å². The Morgan fingerprint density at radius 1 is 0.750 bits per heavy atom. The minimum absolute atomic E-state index is 0.659. The van der Waals surface area contributed by atoms with Crippen molar-refractivity contribution in [2.24, 2.45) is 0 Å². The molecular weight excluding hydrogens is 463 g/mol. The lowest BCUT2D eigenvalue weighted by atomic mass is 10.2. The molecule has 0 rings (SSSR count). The summed E-state index contributed by atoms with van der Waals surface area (Å²) in [5, 5.41) is 0. The SMILES string of the molecule is CC[Si](CC)(CC)OC(CCCCI)(O[SiH3])O[Si](CC)(CC)CC. The molecule has 0 atom stereocenters. The number of halogens is 1. The largest absolute Gasteiger partial charge is 0.382 e. The Balaban J connectivity index is 5.61. The van der Waals surface area contributed by atoms with Crippen LogP contribution in [-0.4, -0.2) is 37.5 Å². The van der Waals surface area contributed by atoms with E-state index in [9.17, 15) is 0 Å². The molecule has 0 aromatic carbocycles. The zero-order valence-corrected chi connectivity index (χ0v) is 23.3. The van der Waals surface area contributed by atoms with E-state index < -0.39 is 22.6 Å². The third kappa shape index (κ3) is 7.11. The van der Waals surface area contributed by atoms with Crippen LogP contribution >= 0.6 is 22.6 Å². The van der Waals surface area contributed by atoms with Crippen molar-refractivity contribution in [1.82, 2.24) is 0 Å². The second-order valence-electron chi connectivity index (χ2n) is 6.72. The van der Waals surface area contributed by atoms with Crippen LogP contribution in [0, 0.1) is 0 Å². The van der Waals surface area contributed by atoms with E-state index in [1.54, 1.807) is 0 Å². The summed E-state index contributed by atoms with van der Waals surface area (Å²) in [4.78, 5) is 0. The molecule has 0 saturated carbocycles. The Morgan fingerprint density at radius 2 is 1.12 bits per heavy atom. The van der Waals surface area contributed by atoms with Gasteiger partial charge in [-0.25, -0.2) is 0 Å². The quantitative estimate of drug-likeness (QED) is 0.0957. The van der Waals surface area contributed by atoms with Crippen molar-refractivity contribution in [2.75, 3.05) is 4.43 Å². The second kappa shape index (κ2) is 12.6. The molecule has 0 aliphatic carbocycles. The minimum atomic E-state index is -1.78. The summed E-state index contributed by atoms with van der Waals surface area (Å²) in [7, 11) is -2.90. The summed E-state index contributed by atoms with van der Waals surface area (Å²) in [5.41, 5.74) is 0. The normalized spacial score (nSPS) is 13.6. The molecule has 0 N–H and O–H groups in total. The molecule has 3 nitrogen and oxygen atoms in total. The van der Waals surface area contributed by atoms with Gasteiger partial charge in [0.1, 0.15) is 0 Å². The summed E-state index contributed by atoms with van der Waals surface area (Å²) in [6.45, 7) is 13.7. The highest BCUT2D eigenvalue weighted by Crippen LogP contribution is 2.37. The van der Waals surface area contributed by atoms with Crippen LogP contribution in [0.25, 0.3) is 0 Å². The van der Waals surface area contributed by atoms with Gasteiger partial charge in [0.15, 0.2) is 27.1 Å². The fourth-order valence-electron chi connectivity index (χ4n) is 3.34. The van der Waals surface area contributed by atoms with Crippen molar-refractivity contribution in [3.63, 3.8) is 0 Å². The van der Waals surface area contributed by atoms with E-state index in [-0.39, 0.29) is 0 Å². The van der Waals surface area contributed by atoms with Crippen molar-refractivity contribution >= 4 is 49.7 Å². The van der Waals surface area contributed by atoms with Crippen molar-refractivity contribution in [2.45, 2.75) is 103 Å². The maximum Gasteiger partial charge on any atom is 0.253 e. The molecule has 24 heavy (non-hydrogen) atoms. The average Bonchev–Trinajstić information content (AvgIpc) is 2.64. The molecule has 0 spiro atoms. The van der Waals surface area contributed by atoms with E-state index in [0.717, 1.165) is 49.1 Å². The Morgan fingerprint density at radius 3 is 1.38 bits per heavy atom. The Bertz CT molecular complexity index is 286. The predicted octanol–water partition coefficient (Wildman–Crippen LogP) is 5.59. The van der Waals surface area contributed by atoms with Gasteiger partial charge in [-0.3, -0.25) is 0 Å². The van der Waals surface area contributed by atoms with Crippen LogP contribution in [0.5, 0.6) is 0 Å². The molecule has 0 heterocycles. The fourth-order valence-corrected chi connectivity index (χ4v) is 10.3. The second-order valence-corrected chi connectivity index (χ2v) is 17.6. The molecule has 146 valence electrons. The van der Waals surface area contributed by atoms with Crippen molar-refractivity contribution < 1.29 is 13.3 Å². The molecule has 7 heteroatoms. The number of alkyl halides is 1. The van der Waals surface area contributed by atoms with Gasteiger partial charge in [0.05, 0.1) is 0 Å². The van der Waals surface area contributed by atoms with Gasteiger partial charge in [-0.05, 0) is 53.5 Å². The Hall–Kier alpha value is 1.26. The van der Waals surface area contributed by atoms with Gasteiger partial charge in [0, 0.05) is 6.42 Å². The highest BCUT2D eigenvalue weighted by Gasteiger charge is 2.46. The molecule has 0 aromatic rings. The van der Waals surface area contributed by atoms with Gasteiger partial charge >= 0.3 is 0 Å². The van der Waals surface area contributed by atoms with Gasteiger partial charge in [-0.1, -0.05) is 64.1 Å². The maximum absolute atomic E-state index is 6.89. The molecule has 0 amide bonds. The Kier molecular flexibility index (Phi) is 13.3. The van der Waals surface area contributed by atoms with Gasteiger partial charge in [0.2, 0.25) is 0 Å². The van der Waals surface area contributed by atoms with E-state index in [2.05, 4.69) is 64.1 Å². The lowest BCUT2D eigenvalue weighted by molar-refractivity contribution is -0.270. The van der Waals surface area contributed by atoms with Gasteiger partial charge in [-0.2, -0.15) is 0 Å². The van der Waals surface area contributed by atoms with E-state index in [4.69, 9.17) is 13.3 Å². The molecule has 0 saturated heterocycles. The molecule has 0 aliphatic heterocycles. The van der Waals surface area contributed by atoms with E-state index in [0.29, 0.717) is 10.5 Å². The molecule has 0 bridgehead atoms. The van der Waals surface area contributed by atoms with E-state index >= 15 is 0 Å². The van der Waals surface area contributed by atoms with Crippen LogP contribution in [0.1, 0.15) is 60.8 Å². The van der Waals surface area contributed by atoms with Crippen molar-refractivity contribution in [3.05, 3.63) is 0 Å². The number of rotatable bonds is 15. The first-order valence-corrected chi connectivity index (χ1v) is 17.3. The summed E-state index contributed by atoms with van der Waals surface area (Å²) < 4.78 is 21.1. The fraction of sp³-hybridized carbons (Fsp3) is 1.00. The molecule has 0 fully saturated rings. The molecule has 0 aromatic heterocycles. The zero-order chi connectivity index (χ0) is 18.7. The standard InChI is InChI=1S/C17H41IO3Si3/c1-7-23(8-2,9-3)20-17(19-22,15-13-14-16-18)21-24(10-4,11-5)12-6/h7-16H2,1-6,22H3. The van der Waals surface area contributed by atoms with Crippen LogP contribution < -0.4 is 0 Å². The smallest absolute Gasteiger partial charge is 0.253 e. The molecule has 0 aliphatic rings. The summed E-state index contributed by atoms with van der Waals surface area (Å²) >= 11 is 2.46. The van der Waals surface area contributed by atoms with Crippen LogP contribution in [0.4, 0.5) is 0 Å². The van der Waals surface area contributed by atoms with Crippen LogP contribution in [0.3, 0.4) is 0 Å². The molecular formula is C17H41IO3Si3. The topological polar surface area (TPSA) is 27.7 Å². The molecule has 0 radical (unpaired) electrons. The van der Waals surface area contributed by atoms with Gasteiger partial charge in [-0.15, -0.1) is 0 Å². The lowest BCUT2D eigenvalue weighted by Crippen LogP contribution is -2.56. The van der Waals surface area contributed by atoms with Gasteiger partial charge in [0.25, 0.3) is 5.97 Å². The van der Waals surface area contributed by atoms with Crippen molar-refractivity contribution in [3.8, 4) is 0 Å². The summed E-state index contributed by atoms with van der Waals surface area (Å²) in [6.07, 6.45) is 3.22. The number of hydrogen-bond donors (Lipinski definition) is 0. The third-order valence-electron chi connectivity index (χ3n) is 5.79. The number of hydrogen-bond acceptors (Lipinski definition) is 3. The monoisotopic (exact) mass is 504 g/mol. The van der Waals surface area contributed by atoms with Crippen molar-refractivity contribution in [1.29, 1.82) is 0 Å². The van der Waals surface area contributed by atoms with E-state index in [1.807, 2.05) is 0 Å². The first-order valence-electron chi connectivity index (χ1n) is 9.91. The summed E-state index contributed by atoms with van der Waals surface area (Å²) in [6, 6.07) is 6.84. The Labute approximate surface area is 169 Å². The summed E-state index contributed by atoms with van der Waals surface area (Å²) in [5.74, 6) is -0.749.